The highest BCUT2D eigenvalue weighted by Gasteiger charge is 2.29. The van der Waals surface area contributed by atoms with Crippen LogP contribution in [-0.2, 0) is 13.0 Å². The molecule has 0 radical (unpaired) electrons. The molecule has 2 aliphatic heterocycles. The van der Waals surface area contributed by atoms with Gasteiger partial charge in [-0.1, -0.05) is 37.3 Å². The van der Waals surface area contributed by atoms with Crippen LogP contribution in [0.3, 0.4) is 0 Å². The van der Waals surface area contributed by atoms with Gasteiger partial charge in [-0.3, -0.25) is 20.2 Å². The second kappa shape index (κ2) is 11.8. The van der Waals surface area contributed by atoms with Crippen molar-refractivity contribution in [1.82, 2.24) is 25.4 Å². The number of piperidine rings is 1. The average Bonchev–Trinajstić information content (AvgIpc) is 2.85. The second-order valence-electron chi connectivity index (χ2n) is 8.63. The monoisotopic (exact) mass is 432 g/mol. The summed E-state index contributed by atoms with van der Waals surface area (Å²) in [5.74, 6) is 0.978. The molecule has 0 bridgehead atoms. The number of rotatable bonds is 9. The molecule has 0 saturated carbocycles. The highest BCUT2D eigenvalue weighted by Crippen LogP contribution is 2.21. The van der Waals surface area contributed by atoms with Crippen molar-refractivity contribution in [3.8, 4) is 0 Å². The van der Waals surface area contributed by atoms with Crippen molar-refractivity contribution in [2.45, 2.75) is 51.5 Å². The second-order valence-corrected chi connectivity index (χ2v) is 8.63. The summed E-state index contributed by atoms with van der Waals surface area (Å²) < 4.78 is 0. The lowest BCUT2D eigenvalue weighted by molar-refractivity contribution is 0.0884. The minimum atomic E-state index is 0.0723. The Balaban J connectivity index is 1.34. The van der Waals surface area contributed by atoms with Gasteiger partial charge in [-0.05, 0) is 55.0 Å². The maximum atomic E-state index is 4.69. The predicted molar refractivity (Wildman–Crippen MR) is 131 cm³/mol. The number of aromatic nitrogens is 1. The zero-order chi connectivity index (χ0) is 22.0. The number of nitrogens with one attached hydrogen (secondary N) is 2. The number of hydrogen-bond acceptors (Lipinski definition) is 5. The molecule has 0 aliphatic carbocycles. The minimum absolute atomic E-state index is 0.0723. The molecule has 170 valence electrons. The van der Waals surface area contributed by atoms with Crippen molar-refractivity contribution in [2.75, 3.05) is 26.2 Å². The molecule has 1 atom stereocenters. The number of benzene rings is 1. The van der Waals surface area contributed by atoms with E-state index in [2.05, 4.69) is 87.1 Å². The summed E-state index contributed by atoms with van der Waals surface area (Å²) in [6.07, 6.45) is 12.6. The average molecular weight is 433 g/mol. The van der Waals surface area contributed by atoms with E-state index in [1.807, 2.05) is 12.4 Å². The summed E-state index contributed by atoms with van der Waals surface area (Å²) in [5, 5.41) is 7.35. The lowest BCUT2D eigenvalue weighted by Crippen LogP contribution is -2.61. The van der Waals surface area contributed by atoms with E-state index in [4.69, 9.17) is 4.99 Å². The Labute approximate surface area is 192 Å². The SMILES string of the molecule is CCCN=C1C=CN(C2CCN(Cc3ccccc3)CC2)C(NCCc2ccncc2)N1. The summed E-state index contributed by atoms with van der Waals surface area (Å²) in [6, 6.07) is 15.5. The quantitative estimate of drug-likeness (QED) is 0.636. The fourth-order valence-electron chi connectivity index (χ4n) is 4.44. The molecule has 6 nitrogen and oxygen atoms in total. The number of pyridine rings is 1. The van der Waals surface area contributed by atoms with E-state index >= 15 is 0 Å². The van der Waals surface area contributed by atoms with Gasteiger partial charge in [-0.25, -0.2) is 0 Å². The Hall–Kier alpha value is -2.70. The van der Waals surface area contributed by atoms with E-state index in [0.717, 1.165) is 51.4 Å². The summed E-state index contributed by atoms with van der Waals surface area (Å²) in [6.45, 7) is 7.22. The first-order valence-corrected chi connectivity index (χ1v) is 12.0. The van der Waals surface area contributed by atoms with Crippen LogP contribution in [0.4, 0.5) is 0 Å². The Morgan fingerprint density at radius 3 is 2.59 bits per heavy atom. The zero-order valence-electron chi connectivity index (χ0n) is 19.2. The molecule has 6 heteroatoms. The van der Waals surface area contributed by atoms with E-state index in [1.165, 1.54) is 24.0 Å². The van der Waals surface area contributed by atoms with E-state index in [-0.39, 0.29) is 6.29 Å². The van der Waals surface area contributed by atoms with Crippen LogP contribution in [0.15, 0.2) is 72.1 Å². The molecular weight excluding hydrogens is 396 g/mol. The molecule has 1 aromatic carbocycles. The molecule has 1 saturated heterocycles. The molecule has 1 unspecified atom stereocenters. The first-order valence-electron chi connectivity index (χ1n) is 12.0. The van der Waals surface area contributed by atoms with Crippen LogP contribution in [0.1, 0.15) is 37.3 Å². The van der Waals surface area contributed by atoms with Crippen LogP contribution < -0.4 is 10.6 Å². The molecule has 0 spiro atoms. The van der Waals surface area contributed by atoms with Crippen molar-refractivity contribution >= 4 is 5.84 Å². The Bertz CT molecular complexity index is 858. The molecule has 0 amide bonds. The third-order valence-corrected chi connectivity index (χ3v) is 6.22. The van der Waals surface area contributed by atoms with Gasteiger partial charge in [0, 0.05) is 57.4 Å². The smallest absolute Gasteiger partial charge is 0.156 e. The van der Waals surface area contributed by atoms with Gasteiger partial charge in [0.2, 0.25) is 0 Å². The number of nitrogens with zero attached hydrogens (tertiary/aromatic N) is 4. The summed E-state index contributed by atoms with van der Waals surface area (Å²) in [7, 11) is 0. The van der Waals surface area contributed by atoms with E-state index < -0.39 is 0 Å². The predicted octanol–water partition coefficient (Wildman–Crippen LogP) is 3.39. The largest absolute Gasteiger partial charge is 0.342 e. The number of likely N-dealkylation sites (tertiary alicyclic amines) is 1. The van der Waals surface area contributed by atoms with Crippen molar-refractivity contribution < 1.29 is 0 Å². The highest BCUT2D eigenvalue weighted by molar-refractivity contribution is 5.93. The lowest BCUT2D eigenvalue weighted by Gasteiger charge is -2.44. The van der Waals surface area contributed by atoms with Crippen LogP contribution in [0.5, 0.6) is 0 Å². The van der Waals surface area contributed by atoms with Crippen LogP contribution in [-0.4, -0.2) is 59.1 Å². The van der Waals surface area contributed by atoms with Gasteiger partial charge in [0.05, 0.1) is 0 Å². The van der Waals surface area contributed by atoms with Crippen LogP contribution in [0.2, 0.25) is 0 Å². The third-order valence-electron chi connectivity index (χ3n) is 6.22. The summed E-state index contributed by atoms with van der Waals surface area (Å²) in [5.41, 5.74) is 2.71. The van der Waals surface area contributed by atoms with Crippen LogP contribution in [0, 0.1) is 0 Å². The maximum Gasteiger partial charge on any atom is 0.156 e. The third kappa shape index (κ3) is 6.40. The van der Waals surface area contributed by atoms with Crippen molar-refractivity contribution in [1.29, 1.82) is 0 Å². The fourth-order valence-corrected chi connectivity index (χ4v) is 4.44. The molecule has 4 rings (SSSR count). The molecule has 2 aromatic rings. The highest BCUT2D eigenvalue weighted by atomic mass is 15.4. The Kier molecular flexibility index (Phi) is 8.29. The normalized spacial score (nSPS) is 21.1. The van der Waals surface area contributed by atoms with Gasteiger partial charge in [0.1, 0.15) is 5.84 Å². The molecule has 3 heterocycles. The van der Waals surface area contributed by atoms with Crippen LogP contribution in [0.25, 0.3) is 0 Å². The number of hydrogen-bond donors (Lipinski definition) is 2. The van der Waals surface area contributed by atoms with Gasteiger partial charge in [0.15, 0.2) is 6.29 Å². The van der Waals surface area contributed by atoms with E-state index in [9.17, 15) is 0 Å². The number of aliphatic imine (C=N–C) groups is 1. The Morgan fingerprint density at radius 1 is 1.06 bits per heavy atom. The molecule has 1 fully saturated rings. The molecule has 32 heavy (non-hydrogen) atoms. The van der Waals surface area contributed by atoms with Gasteiger partial charge >= 0.3 is 0 Å². The van der Waals surface area contributed by atoms with Crippen molar-refractivity contribution in [3.05, 3.63) is 78.3 Å². The van der Waals surface area contributed by atoms with Crippen LogP contribution >= 0.6 is 0 Å². The zero-order valence-corrected chi connectivity index (χ0v) is 19.2. The Morgan fingerprint density at radius 2 is 1.84 bits per heavy atom. The maximum absolute atomic E-state index is 4.69. The van der Waals surface area contributed by atoms with E-state index in [1.54, 1.807) is 0 Å². The molecular formula is C26H36N6. The molecule has 2 aliphatic rings. The summed E-state index contributed by atoms with van der Waals surface area (Å²) >= 11 is 0. The fraction of sp³-hybridized carbons (Fsp3) is 0.462. The topological polar surface area (TPSA) is 55.8 Å². The summed E-state index contributed by atoms with van der Waals surface area (Å²) in [4.78, 5) is 13.9. The van der Waals surface area contributed by atoms with Crippen molar-refractivity contribution in [2.24, 2.45) is 4.99 Å². The lowest BCUT2D eigenvalue weighted by atomic mass is 10.0. The minimum Gasteiger partial charge on any atom is -0.342 e. The van der Waals surface area contributed by atoms with Gasteiger partial charge in [-0.2, -0.15) is 0 Å². The van der Waals surface area contributed by atoms with Crippen molar-refractivity contribution in [3.63, 3.8) is 0 Å². The van der Waals surface area contributed by atoms with Gasteiger partial charge in [0.25, 0.3) is 0 Å². The first kappa shape index (κ1) is 22.5. The standard InChI is InChI=1S/C26H36N6/c1-2-14-28-25-13-20-32(26(30-25)29-17-10-22-8-15-27-16-9-22)24-11-18-31(19-12-24)21-23-6-4-3-5-7-23/h3-9,13,15-16,20,24,26,29H,2,10-12,14,17-19,21H2,1H3,(H,28,30). The molecule has 2 N–H and O–H groups in total. The van der Waals surface area contributed by atoms with Gasteiger partial charge < -0.3 is 10.2 Å². The number of amidine groups is 1. The first-order chi connectivity index (χ1) is 15.8. The van der Waals surface area contributed by atoms with E-state index in [0.29, 0.717) is 6.04 Å². The molecule has 1 aromatic heterocycles. The van der Waals surface area contributed by atoms with Gasteiger partial charge in [-0.15, -0.1) is 0 Å².